The van der Waals surface area contributed by atoms with Crippen molar-refractivity contribution in [1.82, 2.24) is 29.7 Å². The number of nitrogens with zero attached hydrogens (tertiary/aromatic N) is 5. The number of imidazole rings is 1. The number of fused-ring (bicyclic) bond motifs is 1. The summed E-state index contributed by atoms with van der Waals surface area (Å²) in [5.41, 5.74) is 0.953. The molecule has 12 heteroatoms. The van der Waals surface area contributed by atoms with E-state index in [1.54, 1.807) is 34.9 Å². The van der Waals surface area contributed by atoms with Crippen LogP contribution in [-0.4, -0.2) is 41.4 Å². The number of hydrogen-bond donors (Lipinski definition) is 3. The van der Waals surface area contributed by atoms with Gasteiger partial charge in [0.2, 0.25) is 5.56 Å². The topological polar surface area (TPSA) is 122 Å². The maximum atomic E-state index is 13.8. The molecule has 0 aliphatic rings. The molecule has 3 N–H and O–H groups in total. The highest BCUT2D eigenvalue weighted by molar-refractivity contribution is 5.82. The number of aliphatic hydroxyl groups excluding tert-OH is 1. The second kappa shape index (κ2) is 9.47. The van der Waals surface area contributed by atoms with Gasteiger partial charge in [0, 0.05) is 30.1 Å². The minimum Gasteiger partial charge on any atom is -0.396 e. The molecule has 0 atom stereocenters. The van der Waals surface area contributed by atoms with Crippen LogP contribution in [-0.2, 0) is 12.6 Å². The monoisotopic (exact) mass is 507 g/mol. The molecule has 5 aromatic rings. The van der Waals surface area contributed by atoms with Crippen LogP contribution in [0.2, 0.25) is 0 Å². The average molecular weight is 507 g/mol. The molecule has 0 spiro atoms. The van der Waals surface area contributed by atoms with E-state index >= 15 is 0 Å². The zero-order chi connectivity index (χ0) is 26.2. The van der Waals surface area contributed by atoms with E-state index in [0.717, 1.165) is 17.6 Å². The van der Waals surface area contributed by atoms with Gasteiger partial charge < -0.3 is 15.4 Å². The molecule has 37 heavy (non-hydrogen) atoms. The van der Waals surface area contributed by atoms with Crippen LogP contribution in [0.4, 0.5) is 24.7 Å². The first kappa shape index (κ1) is 24.1. The molecule has 0 saturated heterocycles. The lowest BCUT2D eigenvalue weighted by molar-refractivity contribution is -0.137. The van der Waals surface area contributed by atoms with Crippen molar-refractivity contribution in [3.05, 3.63) is 88.2 Å². The van der Waals surface area contributed by atoms with Crippen molar-refractivity contribution in [2.75, 3.05) is 11.9 Å². The minimum absolute atomic E-state index is 0.00760. The predicted octanol–water partition coefficient (Wildman–Crippen LogP) is 4.17. The molecule has 0 aliphatic heterocycles. The van der Waals surface area contributed by atoms with Crippen molar-refractivity contribution >= 4 is 22.5 Å². The normalized spacial score (nSPS) is 11.7. The number of H-pyrrole nitrogens is 1. The molecule has 0 radical (unpaired) electrons. The number of nitrogens with one attached hydrogen (secondary N) is 2. The minimum atomic E-state index is -4.77. The Morgan fingerprint density at radius 2 is 1.92 bits per heavy atom. The Hall–Kier alpha value is -4.58. The van der Waals surface area contributed by atoms with Gasteiger partial charge in [-0.25, -0.2) is 9.97 Å². The molecule has 0 bridgehead atoms. The first-order chi connectivity index (χ1) is 17.7. The summed E-state index contributed by atoms with van der Waals surface area (Å²) in [5.74, 6) is 0.889. The number of aryl methyl sites for hydroxylation is 1. The number of alkyl halides is 3. The zero-order valence-corrected chi connectivity index (χ0v) is 19.4. The lowest BCUT2D eigenvalue weighted by atomic mass is 10.0. The number of benzene rings is 1. The van der Waals surface area contributed by atoms with Crippen LogP contribution in [0.25, 0.3) is 28.1 Å². The molecule has 4 heterocycles. The Bertz CT molecular complexity index is 1640. The Morgan fingerprint density at radius 3 is 2.65 bits per heavy atom. The number of rotatable bonds is 6. The van der Waals surface area contributed by atoms with Gasteiger partial charge in [-0.2, -0.15) is 18.3 Å². The summed E-state index contributed by atoms with van der Waals surface area (Å²) in [4.78, 5) is 22.9. The lowest BCUT2D eigenvalue weighted by Gasteiger charge is -2.16. The smallest absolute Gasteiger partial charge is 0.396 e. The van der Waals surface area contributed by atoms with E-state index in [4.69, 9.17) is 0 Å². The van der Waals surface area contributed by atoms with Crippen molar-refractivity contribution in [3.63, 3.8) is 0 Å². The standard InChI is InChI=1S/C25H20F3N7O2/c1-14-2-6-21(34-33-14)31-16-4-5-20-19(10-16)30-13-35(20)22-7-3-15(8-9-36)24(32-22)17-12-29-23(37)11-18(17)25(26,27)28/h2-7,10-13,36H,8-9H2,1H3,(H,29,37)(H,31,34). The first-order valence-electron chi connectivity index (χ1n) is 11.2. The molecular formula is C25H20F3N7O2. The third-order valence-corrected chi connectivity index (χ3v) is 5.69. The highest BCUT2D eigenvalue weighted by Gasteiger charge is 2.35. The van der Waals surface area contributed by atoms with Crippen molar-refractivity contribution < 1.29 is 18.3 Å². The summed E-state index contributed by atoms with van der Waals surface area (Å²) in [6.45, 7) is 1.56. The lowest BCUT2D eigenvalue weighted by Crippen LogP contribution is -2.15. The van der Waals surface area contributed by atoms with Crippen LogP contribution < -0.4 is 10.9 Å². The van der Waals surface area contributed by atoms with Gasteiger partial charge in [-0.05, 0) is 55.3 Å². The predicted molar refractivity (Wildman–Crippen MR) is 131 cm³/mol. The average Bonchev–Trinajstić information content (AvgIpc) is 3.29. The van der Waals surface area contributed by atoms with E-state index in [2.05, 4.69) is 30.5 Å². The van der Waals surface area contributed by atoms with Crippen molar-refractivity contribution in [2.45, 2.75) is 19.5 Å². The summed E-state index contributed by atoms with van der Waals surface area (Å²) < 4.78 is 43.0. The highest BCUT2D eigenvalue weighted by Crippen LogP contribution is 2.37. The zero-order valence-electron chi connectivity index (χ0n) is 19.4. The second-order valence-corrected chi connectivity index (χ2v) is 8.28. The van der Waals surface area contributed by atoms with Gasteiger partial charge in [0.05, 0.1) is 28.0 Å². The van der Waals surface area contributed by atoms with Crippen molar-refractivity contribution in [3.8, 4) is 17.1 Å². The van der Waals surface area contributed by atoms with Crippen molar-refractivity contribution in [1.29, 1.82) is 0 Å². The molecular weight excluding hydrogens is 487 g/mol. The largest absolute Gasteiger partial charge is 0.417 e. The third kappa shape index (κ3) is 4.91. The Labute approximate surface area is 207 Å². The number of halogens is 3. The molecule has 0 amide bonds. The number of hydrogen-bond acceptors (Lipinski definition) is 7. The molecule has 0 unspecified atom stereocenters. The van der Waals surface area contributed by atoms with Gasteiger partial charge in [-0.15, -0.1) is 5.10 Å². The Kier molecular flexibility index (Phi) is 6.17. The molecule has 9 nitrogen and oxygen atoms in total. The van der Waals surface area contributed by atoms with Gasteiger partial charge in [0.25, 0.3) is 0 Å². The number of anilines is 2. The van der Waals surface area contributed by atoms with Gasteiger partial charge in [0.1, 0.15) is 12.1 Å². The number of aromatic amines is 1. The fraction of sp³-hybridized carbons (Fsp3) is 0.160. The maximum Gasteiger partial charge on any atom is 0.417 e. The highest BCUT2D eigenvalue weighted by atomic mass is 19.4. The summed E-state index contributed by atoms with van der Waals surface area (Å²) in [6, 6.07) is 12.8. The van der Waals surface area contributed by atoms with Gasteiger partial charge in [0.15, 0.2) is 5.82 Å². The number of aromatic nitrogens is 6. The molecule has 4 aromatic heterocycles. The number of aliphatic hydroxyl groups is 1. The van der Waals surface area contributed by atoms with Crippen molar-refractivity contribution in [2.24, 2.45) is 0 Å². The summed E-state index contributed by atoms with van der Waals surface area (Å²) in [6.07, 6.45) is -2.17. The fourth-order valence-corrected chi connectivity index (χ4v) is 3.96. The Morgan fingerprint density at radius 1 is 1.08 bits per heavy atom. The van der Waals surface area contributed by atoms with Crippen LogP contribution in [0.5, 0.6) is 0 Å². The van der Waals surface area contributed by atoms with E-state index in [1.165, 1.54) is 6.33 Å². The van der Waals surface area contributed by atoms with Crippen LogP contribution >= 0.6 is 0 Å². The summed E-state index contributed by atoms with van der Waals surface area (Å²) in [7, 11) is 0. The first-order valence-corrected chi connectivity index (χ1v) is 11.2. The van der Waals surface area contributed by atoms with E-state index in [1.807, 2.05) is 19.1 Å². The Balaban J connectivity index is 1.57. The van der Waals surface area contributed by atoms with Gasteiger partial charge in [-0.1, -0.05) is 6.07 Å². The summed E-state index contributed by atoms with van der Waals surface area (Å²) in [5, 5.41) is 20.7. The van der Waals surface area contributed by atoms with Gasteiger partial charge in [-0.3, -0.25) is 9.36 Å². The quantitative estimate of drug-likeness (QED) is 0.315. The molecule has 0 aliphatic carbocycles. The van der Waals surface area contributed by atoms with E-state index < -0.39 is 17.3 Å². The molecule has 188 valence electrons. The SMILES string of the molecule is Cc1ccc(Nc2ccc3c(c2)ncn3-c2ccc(CCO)c(-c3c[nH]c(=O)cc3C(F)(F)F)n2)nn1. The molecule has 5 rings (SSSR count). The van der Waals surface area contributed by atoms with Crippen LogP contribution in [0.1, 0.15) is 16.8 Å². The van der Waals surface area contributed by atoms with Crippen LogP contribution in [0.3, 0.4) is 0 Å². The van der Waals surface area contributed by atoms with Crippen LogP contribution in [0, 0.1) is 6.92 Å². The van der Waals surface area contributed by atoms with E-state index in [-0.39, 0.29) is 24.3 Å². The number of pyridine rings is 2. The molecule has 0 fully saturated rings. The van der Waals surface area contributed by atoms with Crippen LogP contribution in [0.15, 0.2) is 65.8 Å². The van der Waals surface area contributed by atoms with E-state index in [0.29, 0.717) is 34.3 Å². The fourth-order valence-electron chi connectivity index (χ4n) is 3.96. The van der Waals surface area contributed by atoms with E-state index in [9.17, 15) is 23.1 Å². The maximum absolute atomic E-state index is 13.8. The molecule has 1 aromatic carbocycles. The molecule has 0 saturated carbocycles. The second-order valence-electron chi connectivity index (χ2n) is 8.28. The third-order valence-electron chi connectivity index (χ3n) is 5.69. The summed E-state index contributed by atoms with van der Waals surface area (Å²) >= 11 is 0. The van der Waals surface area contributed by atoms with Gasteiger partial charge >= 0.3 is 6.18 Å².